The fraction of sp³-hybridized carbons (Fsp3) is 0.514. The van der Waals surface area contributed by atoms with Gasteiger partial charge in [0, 0.05) is 38.6 Å². The largest absolute Gasteiger partial charge is 0.390 e. The molecule has 0 spiro atoms. The number of benzene rings is 2. The number of hydrazine groups is 1. The lowest BCUT2D eigenvalue weighted by Crippen LogP contribution is -2.57. The molecular formula is C35H50N8O6S2. The first-order chi connectivity index (χ1) is 24.2. The average molecular weight is 743 g/mol. The first-order valence-corrected chi connectivity index (χ1v) is 19.5. The summed E-state index contributed by atoms with van der Waals surface area (Å²) < 4.78 is 29.0. The Hall–Kier alpha value is -3.96. The lowest BCUT2D eigenvalue weighted by molar-refractivity contribution is -0.128. The van der Waals surface area contributed by atoms with Gasteiger partial charge in [-0.3, -0.25) is 9.80 Å². The van der Waals surface area contributed by atoms with Crippen LogP contribution in [0.5, 0.6) is 0 Å². The smallest absolute Gasteiger partial charge is 0.321 e. The molecule has 51 heavy (non-hydrogen) atoms. The SMILES string of the molecule is CC[C@H](C)[C@@H](C(=O)N[C@@H](Cc1ccccc1)[C@H](O)CN(CC(C)C)S(=O)(=O)c1ccc(CN=O)cc1)N1CCN(Cc2csc(N(C)N)n2)C1=O. The highest BCUT2D eigenvalue weighted by Gasteiger charge is 2.41. The molecule has 1 fully saturated rings. The molecule has 1 aliphatic heterocycles. The summed E-state index contributed by atoms with van der Waals surface area (Å²) in [7, 11) is -2.38. The molecule has 14 nitrogen and oxygen atoms in total. The van der Waals surface area contributed by atoms with E-state index in [1.165, 1.54) is 32.8 Å². The van der Waals surface area contributed by atoms with Crippen LogP contribution in [-0.4, -0.2) is 96.0 Å². The quantitative estimate of drug-likeness (QED) is 0.0935. The molecule has 0 saturated carbocycles. The zero-order valence-electron chi connectivity index (χ0n) is 29.9. The zero-order valence-corrected chi connectivity index (χ0v) is 31.5. The molecule has 1 saturated heterocycles. The summed E-state index contributed by atoms with van der Waals surface area (Å²) in [6.07, 6.45) is -0.455. The van der Waals surface area contributed by atoms with Crippen molar-refractivity contribution >= 4 is 38.4 Å². The molecule has 3 amide bonds. The number of carbonyl (C=O) groups excluding carboxylic acids is 2. The van der Waals surface area contributed by atoms with E-state index < -0.39 is 34.1 Å². The van der Waals surface area contributed by atoms with E-state index in [4.69, 9.17) is 5.84 Å². The number of hydrogen-bond acceptors (Lipinski definition) is 11. The van der Waals surface area contributed by atoms with Gasteiger partial charge in [0.25, 0.3) is 0 Å². The number of urea groups is 1. The second kappa shape index (κ2) is 18.0. The molecule has 4 rings (SSSR count). The molecule has 0 bridgehead atoms. The number of nitrogens with one attached hydrogen (secondary N) is 1. The number of nitroso groups, excluding NO2 is 1. The zero-order chi connectivity index (χ0) is 37.3. The van der Waals surface area contributed by atoms with Gasteiger partial charge >= 0.3 is 6.03 Å². The van der Waals surface area contributed by atoms with Crippen molar-refractivity contribution in [3.8, 4) is 0 Å². The van der Waals surface area contributed by atoms with Crippen LogP contribution in [0.4, 0.5) is 9.93 Å². The summed E-state index contributed by atoms with van der Waals surface area (Å²) in [5, 5.41) is 21.6. The Kier molecular flexibility index (Phi) is 14.1. The normalized spacial score (nSPS) is 16.0. The summed E-state index contributed by atoms with van der Waals surface area (Å²) in [5.74, 6) is 5.11. The Bertz CT molecular complexity index is 1700. The van der Waals surface area contributed by atoms with E-state index in [0.29, 0.717) is 35.9 Å². The molecule has 1 aliphatic rings. The highest BCUT2D eigenvalue weighted by atomic mass is 32.2. The van der Waals surface area contributed by atoms with Crippen LogP contribution >= 0.6 is 11.3 Å². The van der Waals surface area contributed by atoms with Crippen LogP contribution in [0, 0.1) is 16.7 Å². The molecule has 4 N–H and O–H groups in total. The molecule has 0 unspecified atom stereocenters. The third-order valence-corrected chi connectivity index (χ3v) is 11.8. The Morgan fingerprint density at radius 2 is 1.76 bits per heavy atom. The maximum Gasteiger partial charge on any atom is 0.321 e. The minimum Gasteiger partial charge on any atom is -0.390 e. The number of thiazole rings is 1. The summed E-state index contributed by atoms with van der Waals surface area (Å²) in [4.78, 5) is 46.5. The van der Waals surface area contributed by atoms with Crippen LogP contribution in [0.3, 0.4) is 0 Å². The van der Waals surface area contributed by atoms with E-state index in [0.717, 1.165) is 5.56 Å². The number of rotatable bonds is 19. The van der Waals surface area contributed by atoms with Gasteiger partial charge in [0.05, 0.1) is 29.3 Å². The van der Waals surface area contributed by atoms with Crippen molar-refractivity contribution in [2.24, 2.45) is 22.9 Å². The number of nitrogens with two attached hydrogens (primary N) is 1. The third kappa shape index (κ3) is 10.3. The molecule has 3 aromatic rings. The highest BCUT2D eigenvalue weighted by molar-refractivity contribution is 7.89. The van der Waals surface area contributed by atoms with Crippen LogP contribution in [0.25, 0.3) is 0 Å². The van der Waals surface area contributed by atoms with Crippen molar-refractivity contribution in [2.75, 3.05) is 38.2 Å². The monoisotopic (exact) mass is 742 g/mol. The lowest BCUT2D eigenvalue weighted by atomic mass is 9.95. The molecule has 4 atom stereocenters. The van der Waals surface area contributed by atoms with Crippen LogP contribution in [0.1, 0.15) is 50.9 Å². The summed E-state index contributed by atoms with van der Waals surface area (Å²) >= 11 is 1.38. The number of carbonyl (C=O) groups is 2. The Labute approximate surface area is 304 Å². The average Bonchev–Trinajstić information content (AvgIpc) is 3.71. The summed E-state index contributed by atoms with van der Waals surface area (Å²) in [6, 6.07) is 13.3. The van der Waals surface area contributed by atoms with Crippen LogP contribution in [0.15, 0.2) is 70.0 Å². The molecule has 0 radical (unpaired) electrons. The molecule has 0 aliphatic carbocycles. The molecule has 16 heteroatoms. The number of hydrogen-bond donors (Lipinski definition) is 3. The molecule has 2 aromatic carbocycles. The van der Waals surface area contributed by atoms with Gasteiger partial charge in [-0.15, -0.1) is 11.3 Å². The Balaban J connectivity index is 1.58. The van der Waals surface area contributed by atoms with E-state index in [2.05, 4.69) is 15.5 Å². The first kappa shape index (κ1) is 39.8. The van der Waals surface area contributed by atoms with Gasteiger partial charge in [0.1, 0.15) is 12.6 Å². The van der Waals surface area contributed by atoms with Gasteiger partial charge in [0.15, 0.2) is 5.13 Å². The van der Waals surface area contributed by atoms with Crippen molar-refractivity contribution in [3.05, 3.63) is 81.7 Å². The number of aliphatic hydroxyl groups excluding tert-OH is 1. The number of sulfonamides is 1. The molecule has 278 valence electrons. The van der Waals surface area contributed by atoms with Gasteiger partial charge in [-0.05, 0) is 41.5 Å². The first-order valence-electron chi connectivity index (χ1n) is 17.1. The van der Waals surface area contributed by atoms with Crippen molar-refractivity contribution in [2.45, 2.75) is 76.7 Å². The van der Waals surface area contributed by atoms with Crippen LogP contribution in [0.2, 0.25) is 0 Å². The topological polar surface area (TPSA) is 182 Å². The molecule has 1 aromatic heterocycles. The fourth-order valence-electron chi connectivity index (χ4n) is 6.09. The standard InChI is InChI=1S/C35H50N8O6S2/c1-6-25(4)32(43-17-16-41(35(43)46)21-28-23-50-34(38-28)40(5)36)33(45)39-30(18-26-10-8-7-9-11-26)31(44)22-42(20-24(2)3)51(48,49)29-14-12-27(13-15-29)19-37-47/h7-15,23-25,30-32,44H,6,16-22,36H2,1-5H3,(H,39,45)/t25-,30-,31+,32-/m0/s1. The van der Waals surface area contributed by atoms with Gasteiger partial charge in [-0.1, -0.05) is 81.8 Å². The van der Waals surface area contributed by atoms with Gasteiger partial charge < -0.3 is 20.2 Å². The number of aromatic nitrogens is 1. The van der Waals surface area contributed by atoms with Crippen LogP contribution < -0.4 is 16.2 Å². The van der Waals surface area contributed by atoms with E-state index >= 15 is 0 Å². The van der Waals surface area contributed by atoms with Crippen molar-refractivity contribution in [3.63, 3.8) is 0 Å². The Morgan fingerprint density at radius 1 is 1.08 bits per heavy atom. The fourth-order valence-corrected chi connectivity index (χ4v) is 8.41. The van der Waals surface area contributed by atoms with Crippen molar-refractivity contribution in [1.82, 2.24) is 24.4 Å². The van der Waals surface area contributed by atoms with E-state index in [-0.39, 0.29) is 55.4 Å². The number of anilines is 1. The minimum atomic E-state index is -4.07. The van der Waals surface area contributed by atoms with Crippen LogP contribution in [-0.2, 0) is 34.3 Å². The number of nitrogens with zero attached hydrogens (tertiary/aromatic N) is 6. The van der Waals surface area contributed by atoms with E-state index in [1.54, 1.807) is 29.0 Å². The van der Waals surface area contributed by atoms with Gasteiger partial charge in [-0.25, -0.2) is 24.0 Å². The van der Waals surface area contributed by atoms with E-state index in [9.17, 15) is 28.0 Å². The van der Waals surface area contributed by atoms with Crippen molar-refractivity contribution in [1.29, 1.82) is 0 Å². The summed E-state index contributed by atoms with van der Waals surface area (Å²) in [6.45, 7) is 8.43. The van der Waals surface area contributed by atoms with Gasteiger partial charge in [0.2, 0.25) is 15.9 Å². The van der Waals surface area contributed by atoms with Gasteiger partial charge in [-0.2, -0.15) is 9.21 Å². The Morgan fingerprint density at radius 3 is 2.35 bits per heavy atom. The number of aliphatic hydroxyl groups is 1. The third-order valence-electron chi connectivity index (χ3n) is 8.97. The maximum atomic E-state index is 14.3. The lowest BCUT2D eigenvalue weighted by Gasteiger charge is -2.35. The second-order valence-electron chi connectivity index (χ2n) is 13.5. The minimum absolute atomic E-state index is 0.0199. The maximum absolute atomic E-state index is 14.3. The highest BCUT2D eigenvalue weighted by Crippen LogP contribution is 2.25. The summed E-state index contributed by atoms with van der Waals surface area (Å²) in [5.41, 5.74) is 2.12. The van der Waals surface area contributed by atoms with Crippen molar-refractivity contribution < 1.29 is 23.1 Å². The molecular weight excluding hydrogens is 693 g/mol. The predicted octanol–water partition coefficient (Wildman–Crippen LogP) is 3.81. The second-order valence-corrected chi connectivity index (χ2v) is 16.3. The predicted molar refractivity (Wildman–Crippen MR) is 198 cm³/mol. The molecule has 2 heterocycles. The number of amides is 3. The van der Waals surface area contributed by atoms with E-state index in [1.807, 2.05) is 63.4 Å².